The van der Waals surface area contributed by atoms with Crippen molar-refractivity contribution < 1.29 is 9.90 Å². The summed E-state index contributed by atoms with van der Waals surface area (Å²) in [7, 11) is 0.433. The highest BCUT2D eigenvalue weighted by Crippen LogP contribution is 2.46. The predicted molar refractivity (Wildman–Crippen MR) is 125 cm³/mol. The van der Waals surface area contributed by atoms with Crippen LogP contribution in [0.25, 0.3) is 11.0 Å². The molecule has 7 heteroatoms. The fraction of sp³-hybridized carbons (Fsp3) is 0.417. The van der Waals surface area contributed by atoms with E-state index in [0.29, 0.717) is 26.2 Å². The third-order valence-corrected chi connectivity index (χ3v) is 8.09. The number of aromatic nitrogens is 2. The third-order valence-electron chi connectivity index (χ3n) is 6.58. The summed E-state index contributed by atoms with van der Waals surface area (Å²) in [6.45, 7) is 8.66. The van der Waals surface area contributed by atoms with Gasteiger partial charge in [0.1, 0.15) is 0 Å². The Morgan fingerprint density at radius 1 is 1.23 bits per heavy atom. The van der Waals surface area contributed by atoms with Gasteiger partial charge in [0.2, 0.25) is 0 Å². The van der Waals surface area contributed by atoms with Crippen LogP contribution in [-0.2, 0) is 4.79 Å². The molecule has 5 rings (SSSR count). The molecule has 5 heterocycles. The number of piperidine rings is 1. The largest absolute Gasteiger partial charge is 0.504 e. The highest BCUT2D eigenvalue weighted by Gasteiger charge is 2.31. The summed E-state index contributed by atoms with van der Waals surface area (Å²) in [6.07, 6.45) is 14.4. The molecule has 1 N–H and O–H groups in total. The van der Waals surface area contributed by atoms with Gasteiger partial charge in [-0.25, -0.2) is 4.98 Å². The number of allylic oxidation sites excluding steroid dienone is 2. The standard InChI is InChI=1S/C24H29N4O2P/c1-15(2)26-8-6-17(7-9-26)18-4-5-23-28(14-18)22(30)11-21(31-23)19-10-20(29)24-25-16(3)12-27(24)13-19/h4-5,10-15,17,23,29,31H,6-9H2,1-3H3. The third kappa shape index (κ3) is 3.83. The van der Waals surface area contributed by atoms with Crippen molar-refractivity contribution in [3.05, 3.63) is 59.7 Å². The first kappa shape index (κ1) is 20.5. The normalized spacial score (nSPS) is 23.5. The first-order chi connectivity index (χ1) is 14.9. The van der Waals surface area contributed by atoms with Gasteiger partial charge in [0.05, 0.1) is 11.5 Å². The first-order valence-corrected chi connectivity index (χ1v) is 12.1. The van der Waals surface area contributed by atoms with Gasteiger partial charge in [-0.2, -0.15) is 0 Å². The van der Waals surface area contributed by atoms with Crippen LogP contribution in [0.1, 0.15) is 37.9 Å². The number of carbonyl (C=O) groups is 1. The van der Waals surface area contributed by atoms with E-state index in [1.807, 2.05) is 28.6 Å². The number of hydrogen-bond acceptors (Lipinski definition) is 4. The zero-order valence-corrected chi connectivity index (χ0v) is 19.2. The van der Waals surface area contributed by atoms with Crippen molar-refractivity contribution in [2.45, 2.75) is 45.4 Å². The minimum atomic E-state index is 0.0154. The molecule has 3 aliphatic heterocycles. The van der Waals surface area contributed by atoms with Gasteiger partial charge in [-0.15, -0.1) is 0 Å². The van der Waals surface area contributed by atoms with Crippen molar-refractivity contribution >= 4 is 25.4 Å². The van der Waals surface area contributed by atoms with Gasteiger partial charge in [-0.05, 0) is 69.6 Å². The Bertz CT molecular complexity index is 1120. The second-order valence-electron chi connectivity index (χ2n) is 9.01. The summed E-state index contributed by atoms with van der Waals surface area (Å²) in [6, 6.07) is 2.32. The molecule has 1 fully saturated rings. The van der Waals surface area contributed by atoms with E-state index >= 15 is 0 Å². The number of hydrogen-bond donors (Lipinski definition) is 1. The SMILES string of the molecule is Cc1cn2cc(C3=CC(=O)N4C=C(C5CCN(C(C)C)CC5)C=CC4P3)cc(O)c2n1. The molecule has 2 unspecified atom stereocenters. The summed E-state index contributed by atoms with van der Waals surface area (Å²) in [5.74, 6) is 0.730. The van der Waals surface area contributed by atoms with E-state index in [-0.39, 0.29) is 17.4 Å². The van der Waals surface area contributed by atoms with Crippen LogP contribution < -0.4 is 0 Å². The molecule has 0 spiro atoms. The summed E-state index contributed by atoms with van der Waals surface area (Å²) in [5.41, 5.74) is 3.55. The quantitative estimate of drug-likeness (QED) is 0.736. The van der Waals surface area contributed by atoms with E-state index in [0.717, 1.165) is 42.5 Å². The molecule has 2 atom stereocenters. The average Bonchev–Trinajstić information content (AvgIpc) is 3.14. The molecule has 162 valence electrons. The summed E-state index contributed by atoms with van der Waals surface area (Å²) in [5, 5.41) is 11.4. The van der Waals surface area contributed by atoms with E-state index in [9.17, 15) is 9.90 Å². The lowest BCUT2D eigenvalue weighted by atomic mass is 9.88. The van der Waals surface area contributed by atoms with E-state index in [4.69, 9.17) is 0 Å². The van der Waals surface area contributed by atoms with Crippen LogP contribution in [0, 0.1) is 12.8 Å². The van der Waals surface area contributed by atoms with Gasteiger partial charge < -0.3 is 19.3 Å². The number of imidazole rings is 1. The number of fused-ring (bicyclic) bond motifs is 2. The second kappa shape index (κ2) is 7.92. The van der Waals surface area contributed by atoms with Crippen molar-refractivity contribution in [1.29, 1.82) is 0 Å². The average molecular weight is 436 g/mol. The molecule has 31 heavy (non-hydrogen) atoms. The fourth-order valence-electron chi connectivity index (χ4n) is 4.80. The minimum Gasteiger partial charge on any atom is -0.504 e. The van der Waals surface area contributed by atoms with Crippen LogP contribution in [0.4, 0.5) is 0 Å². The Labute approximate surface area is 184 Å². The summed E-state index contributed by atoms with van der Waals surface area (Å²) >= 11 is 0. The summed E-state index contributed by atoms with van der Waals surface area (Å²) < 4.78 is 1.83. The molecular formula is C24H29N4O2P. The van der Waals surface area contributed by atoms with Gasteiger partial charge in [0.25, 0.3) is 5.91 Å². The van der Waals surface area contributed by atoms with Crippen molar-refractivity contribution in [1.82, 2.24) is 19.2 Å². The lowest BCUT2D eigenvalue weighted by Gasteiger charge is -2.38. The van der Waals surface area contributed by atoms with Gasteiger partial charge in [0, 0.05) is 36.3 Å². The predicted octanol–water partition coefficient (Wildman–Crippen LogP) is 4.11. The van der Waals surface area contributed by atoms with Crippen LogP contribution in [-0.4, -0.2) is 55.1 Å². The highest BCUT2D eigenvalue weighted by molar-refractivity contribution is 7.51. The first-order valence-electron chi connectivity index (χ1n) is 11.0. The number of nitrogens with zero attached hydrogens (tertiary/aromatic N) is 4. The number of pyridine rings is 1. The Balaban J connectivity index is 1.37. The molecule has 6 nitrogen and oxygen atoms in total. The zero-order chi connectivity index (χ0) is 21.7. The lowest BCUT2D eigenvalue weighted by Crippen LogP contribution is -2.40. The Kier molecular flexibility index (Phi) is 5.23. The number of likely N-dealkylation sites (tertiary alicyclic amines) is 1. The molecule has 0 bridgehead atoms. The molecule has 0 aliphatic carbocycles. The summed E-state index contributed by atoms with van der Waals surface area (Å²) in [4.78, 5) is 21.8. The highest BCUT2D eigenvalue weighted by atomic mass is 31.1. The second-order valence-corrected chi connectivity index (χ2v) is 10.4. The van der Waals surface area contributed by atoms with Gasteiger partial charge in [-0.3, -0.25) is 4.79 Å². The zero-order valence-electron chi connectivity index (χ0n) is 18.2. The van der Waals surface area contributed by atoms with Crippen molar-refractivity contribution in [2.24, 2.45) is 5.92 Å². The van der Waals surface area contributed by atoms with Gasteiger partial charge in [-0.1, -0.05) is 20.7 Å². The van der Waals surface area contributed by atoms with Crippen LogP contribution in [0.3, 0.4) is 0 Å². The van der Waals surface area contributed by atoms with Crippen LogP contribution >= 0.6 is 8.58 Å². The molecule has 0 aromatic carbocycles. The maximum Gasteiger partial charge on any atom is 0.252 e. The molecule has 2 aromatic heterocycles. The smallest absolute Gasteiger partial charge is 0.252 e. The Morgan fingerprint density at radius 2 is 2.00 bits per heavy atom. The van der Waals surface area contributed by atoms with Gasteiger partial charge in [0.15, 0.2) is 11.4 Å². The molecule has 2 aromatic rings. The van der Waals surface area contributed by atoms with Crippen LogP contribution in [0.15, 0.2) is 48.5 Å². The molecule has 0 radical (unpaired) electrons. The fourth-order valence-corrected chi connectivity index (χ4v) is 6.17. The number of aryl methyl sites for hydroxylation is 1. The number of carbonyl (C=O) groups excluding carboxylic acids is 1. The molecular weight excluding hydrogens is 407 g/mol. The maximum atomic E-state index is 13.0. The minimum absolute atomic E-state index is 0.0154. The Morgan fingerprint density at radius 3 is 2.74 bits per heavy atom. The number of rotatable bonds is 3. The Hall–Kier alpha value is -2.43. The van der Waals surface area contributed by atoms with Gasteiger partial charge >= 0.3 is 0 Å². The molecule has 1 amide bonds. The van der Waals surface area contributed by atoms with Crippen LogP contribution in [0.2, 0.25) is 0 Å². The molecule has 3 aliphatic rings. The van der Waals surface area contributed by atoms with E-state index in [1.54, 1.807) is 12.1 Å². The van der Waals surface area contributed by atoms with E-state index in [2.05, 4.69) is 42.1 Å². The van der Waals surface area contributed by atoms with Crippen LogP contribution in [0.5, 0.6) is 5.75 Å². The maximum absolute atomic E-state index is 13.0. The topological polar surface area (TPSA) is 61.1 Å². The lowest BCUT2D eigenvalue weighted by molar-refractivity contribution is -0.123. The van der Waals surface area contributed by atoms with E-state index in [1.165, 1.54) is 5.57 Å². The van der Waals surface area contributed by atoms with Crippen molar-refractivity contribution in [2.75, 3.05) is 13.1 Å². The van der Waals surface area contributed by atoms with E-state index < -0.39 is 0 Å². The number of amides is 1. The molecule has 1 saturated heterocycles. The van der Waals surface area contributed by atoms with Crippen molar-refractivity contribution in [3.8, 4) is 5.75 Å². The van der Waals surface area contributed by atoms with Crippen molar-refractivity contribution in [3.63, 3.8) is 0 Å². The number of aromatic hydroxyl groups is 1. The molecule has 0 saturated carbocycles. The monoisotopic (exact) mass is 436 g/mol.